The topological polar surface area (TPSA) is 35.5 Å². The number of hydrogen-bond donors (Lipinski definition) is 0. The standard InChI is InChI=1S/C10H18O3/c1-3-9(12-2)10(11)8-4-6-13-7-5-8/h8-9H,3-7H2,1-2H3. The molecule has 1 atom stereocenters. The average Bonchev–Trinajstić information content (AvgIpc) is 2.21. The van der Waals surface area contributed by atoms with E-state index in [0.717, 1.165) is 32.5 Å². The third-order valence-electron chi connectivity index (χ3n) is 2.60. The Kier molecular flexibility index (Phi) is 4.39. The predicted molar refractivity (Wildman–Crippen MR) is 49.6 cm³/mol. The van der Waals surface area contributed by atoms with Crippen molar-refractivity contribution in [3.63, 3.8) is 0 Å². The first-order valence-electron chi connectivity index (χ1n) is 4.93. The maximum Gasteiger partial charge on any atom is 0.164 e. The third-order valence-corrected chi connectivity index (χ3v) is 2.60. The van der Waals surface area contributed by atoms with E-state index in [1.54, 1.807) is 7.11 Å². The lowest BCUT2D eigenvalue weighted by Gasteiger charge is -2.24. The maximum absolute atomic E-state index is 11.8. The van der Waals surface area contributed by atoms with Crippen molar-refractivity contribution in [1.82, 2.24) is 0 Å². The van der Waals surface area contributed by atoms with Gasteiger partial charge in [0.25, 0.3) is 0 Å². The molecule has 0 aromatic heterocycles. The highest BCUT2D eigenvalue weighted by Crippen LogP contribution is 2.19. The molecule has 1 fully saturated rings. The van der Waals surface area contributed by atoms with Gasteiger partial charge in [-0.3, -0.25) is 4.79 Å². The number of carbonyl (C=O) groups is 1. The van der Waals surface area contributed by atoms with Gasteiger partial charge in [0.15, 0.2) is 5.78 Å². The zero-order valence-electron chi connectivity index (χ0n) is 8.41. The Morgan fingerprint density at radius 1 is 1.54 bits per heavy atom. The van der Waals surface area contributed by atoms with Gasteiger partial charge in [-0.15, -0.1) is 0 Å². The normalized spacial score (nSPS) is 21.4. The van der Waals surface area contributed by atoms with Crippen LogP contribution in [0.15, 0.2) is 0 Å². The number of carbonyl (C=O) groups excluding carboxylic acids is 1. The highest BCUT2D eigenvalue weighted by Gasteiger charge is 2.27. The Morgan fingerprint density at radius 2 is 2.15 bits per heavy atom. The van der Waals surface area contributed by atoms with E-state index in [1.807, 2.05) is 6.92 Å². The van der Waals surface area contributed by atoms with Crippen LogP contribution < -0.4 is 0 Å². The van der Waals surface area contributed by atoms with Gasteiger partial charge in [-0.25, -0.2) is 0 Å². The number of Topliss-reactive ketones (excluding diaryl/α,β-unsaturated/α-hetero) is 1. The fourth-order valence-electron chi connectivity index (χ4n) is 1.73. The quantitative estimate of drug-likeness (QED) is 0.666. The summed E-state index contributed by atoms with van der Waals surface area (Å²) in [7, 11) is 1.60. The molecule has 0 radical (unpaired) electrons. The molecule has 1 aliphatic heterocycles. The average molecular weight is 186 g/mol. The smallest absolute Gasteiger partial charge is 0.164 e. The van der Waals surface area contributed by atoms with Gasteiger partial charge in [-0.1, -0.05) is 6.92 Å². The molecule has 0 amide bonds. The first kappa shape index (κ1) is 10.7. The molecule has 3 nitrogen and oxygen atoms in total. The molecule has 0 bridgehead atoms. The van der Waals surface area contributed by atoms with Crippen LogP contribution in [0.5, 0.6) is 0 Å². The Morgan fingerprint density at radius 3 is 2.62 bits per heavy atom. The molecule has 3 heteroatoms. The molecule has 0 aliphatic carbocycles. The zero-order valence-corrected chi connectivity index (χ0v) is 8.41. The summed E-state index contributed by atoms with van der Waals surface area (Å²) in [5.41, 5.74) is 0. The maximum atomic E-state index is 11.8. The van der Waals surface area contributed by atoms with E-state index >= 15 is 0 Å². The predicted octanol–water partition coefficient (Wildman–Crippen LogP) is 1.41. The second-order valence-corrected chi connectivity index (χ2v) is 3.42. The molecular formula is C10H18O3. The molecule has 0 aromatic rings. The fourth-order valence-corrected chi connectivity index (χ4v) is 1.73. The van der Waals surface area contributed by atoms with E-state index < -0.39 is 0 Å². The van der Waals surface area contributed by atoms with Crippen molar-refractivity contribution in [2.75, 3.05) is 20.3 Å². The number of methoxy groups -OCH3 is 1. The van der Waals surface area contributed by atoms with Crippen LogP contribution in [0.25, 0.3) is 0 Å². The summed E-state index contributed by atoms with van der Waals surface area (Å²) in [5, 5.41) is 0. The summed E-state index contributed by atoms with van der Waals surface area (Å²) in [4.78, 5) is 11.8. The molecule has 1 rings (SSSR count). The van der Waals surface area contributed by atoms with Crippen LogP contribution in [0.4, 0.5) is 0 Å². The molecule has 1 saturated heterocycles. The Bertz CT molecular complexity index is 158. The lowest BCUT2D eigenvalue weighted by molar-refractivity contribution is -0.135. The van der Waals surface area contributed by atoms with Crippen LogP contribution in [0.1, 0.15) is 26.2 Å². The highest BCUT2D eigenvalue weighted by atomic mass is 16.5. The molecule has 0 aromatic carbocycles. The van der Waals surface area contributed by atoms with Crippen molar-refractivity contribution in [3.05, 3.63) is 0 Å². The largest absolute Gasteiger partial charge is 0.381 e. The Balaban J connectivity index is 2.44. The summed E-state index contributed by atoms with van der Waals surface area (Å²) in [6.45, 7) is 3.42. The van der Waals surface area contributed by atoms with Crippen molar-refractivity contribution in [1.29, 1.82) is 0 Å². The highest BCUT2D eigenvalue weighted by molar-refractivity contribution is 5.85. The van der Waals surface area contributed by atoms with Crippen LogP contribution in [0, 0.1) is 5.92 Å². The number of ketones is 1. The van der Waals surface area contributed by atoms with Crippen LogP contribution in [-0.2, 0) is 14.3 Å². The van der Waals surface area contributed by atoms with Crippen molar-refractivity contribution in [2.24, 2.45) is 5.92 Å². The molecule has 0 saturated carbocycles. The molecular weight excluding hydrogens is 168 g/mol. The molecule has 0 N–H and O–H groups in total. The first-order valence-corrected chi connectivity index (χ1v) is 4.93. The third kappa shape index (κ3) is 2.78. The van der Waals surface area contributed by atoms with E-state index in [9.17, 15) is 4.79 Å². The lowest BCUT2D eigenvalue weighted by Crippen LogP contribution is -2.33. The molecule has 1 aliphatic rings. The summed E-state index contributed by atoms with van der Waals surface area (Å²) in [6.07, 6.45) is 2.28. The van der Waals surface area contributed by atoms with E-state index in [1.165, 1.54) is 0 Å². The van der Waals surface area contributed by atoms with Crippen LogP contribution in [-0.4, -0.2) is 32.2 Å². The van der Waals surface area contributed by atoms with Gasteiger partial charge >= 0.3 is 0 Å². The summed E-state index contributed by atoms with van der Waals surface area (Å²) >= 11 is 0. The summed E-state index contributed by atoms with van der Waals surface area (Å²) in [5.74, 6) is 0.423. The van der Waals surface area contributed by atoms with Crippen molar-refractivity contribution in [2.45, 2.75) is 32.3 Å². The Hall–Kier alpha value is -0.410. The lowest BCUT2D eigenvalue weighted by atomic mass is 9.91. The first-order chi connectivity index (χ1) is 6.29. The summed E-state index contributed by atoms with van der Waals surface area (Å²) < 4.78 is 10.3. The van der Waals surface area contributed by atoms with Gasteiger partial charge in [0.2, 0.25) is 0 Å². The molecule has 13 heavy (non-hydrogen) atoms. The molecule has 1 unspecified atom stereocenters. The van der Waals surface area contributed by atoms with Crippen molar-refractivity contribution >= 4 is 5.78 Å². The van der Waals surface area contributed by atoms with Gasteiger partial charge in [-0.05, 0) is 19.3 Å². The Labute approximate surface area is 79.4 Å². The molecule has 1 heterocycles. The number of hydrogen-bond acceptors (Lipinski definition) is 3. The van der Waals surface area contributed by atoms with Gasteiger partial charge in [0.05, 0.1) is 0 Å². The fraction of sp³-hybridized carbons (Fsp3) is 0.900. The van der Waals surface area contributed by atoms with Gasteiger partial charge in [0.1, 0.15) is 6.10 Å². The van der Waals surface area contributed by atoms with Crippen LogP contribution >= 0.6 is 0 Å². The minimum Gasteiger partial charge on any atom is -0.381 e. The summed E-state index contributed by atoms with van der Waals surface area (Å²) in [6, 6.07) is 0. The van der Waals surface area contributed by atoms with Crippen molar-refractivity contribution < 1.29 is 14.3 Å². The van der Waals surface area contributed by atoms with Gasteiger partial charge < -0.3 is 9.47 Å². The minimum absolute atomic E-state index is 0.165. The minimum atomic E-state index is -0.205. The SMILES string of the molecule is CCC(OC)C(=O)C1CCOCC1. The zero-order chi connectivity index (χ0) is 9.68. The second kappa shape index (κ2) is 5.35. The second-order valence-electron chi connectivity index (χ2n) is 3.42. The van der Waals surface area contributed by atoms with E-state index in [-0.39, 0.29) is 17.8 Å². The van der Waals surface area contributed by atoms with E-state index in [4.69, 9.17) is 9.47 Å². The van der Waals surface area contributed by atoms with E-state index in [2.05, 4.69) is 0 Å². The van der Waals surface area contributed by atoms with Crippen LogP contribution in [0.2, 0.25) is 0 Å². The number of rotatable bonds is 4. The molecule has 0 spiro atoms. The van der Waals surface area contributed by atoms with Crippen molar-refractivity contribution in [3.8, 4) is 0 Å². The van der Waals surface area contributed by atoms with Crippen LogP contribution in [0.3, 0.4) is 0 Å². The monoisotopic (exact) mass is 186 g/mol. The van der Waals surface area contributed by atoms with Gasteiger partial charge in [0, 0.05) is 26.2 Å². The number of ether oxygens (including phenoxy) is 2. The van der Waals surface area contributed by atoms with E-state index in [0.29, 0.717) is 0 Å². The van der Waals surface area contributed by atoms with Gasteiger partial charge in [-0.2, -0.15) is 0 Å². The molecule has 76 valence electrons.